The number of hydrogen-bond donors (Lipinski definition) is 1. The van der Waals surface area contributed by atoms with Gasteiger partial charge in [-0.05, 0) is 38.3 Å². The zero-order valence-electron chi connectivity index (χ0n) is 12.2. The summed E-state index contributed by atoms with van der Waals surface area (Å²) in [5, 5.41) is 3.50. The molecular weight excluding hydrogens is 269 g/mol. The van der Waals surface area contributed by atoms with Gasteiger partial charge in [-0.15, -0.1) is 0 Å². The van der Waals surface area contributed by atoms with Gasteiger partial charge in [-0.2, -0.15) is 0 Å². The first-order valence-electron chi connectivity index (χ1n) is 7.49. The molecule has 4 nitrogen and oxygen atoms in total. The summed E-state index contributed by atoms with van der Waals surface area (Å²) in [5.74, 6) is 0.214. The van der Waals surface area contributed by atoms with Gasteiger partial charge in [-0.1, -0.05) is 6.42 Å². The number of nitrogens with zero attached hydrogens (tertiary/aromatic N) is 2. The predicted octanol–water partition coefficient (Wildman–Crippen LogP) is 2.85. The first kappa shape index (κ1) is 14.2. The van der Waals surface area contributed by atoms with Gasteiger partial charge >= 0.3 is 0 Å². The van der Waals surface area contributed by atoms with Crippen molar-refractivity contribution in [1.29, 1.82) is 0 Å². The van der Waals surface area contributed by atoms with E-state index in [4.69, 9.17) is 4.74 Å². The van der Waals surface area contributed by atoms with Crippen LogP contribution in [0.1, 0.15) is 31.2 Å². The highest BCUT2D eigenvalue weighted by atomic mass is 19.1. The molecule has 5 heteroatoms. The van der Waals surface area contributed by atoms with Crippen molar-refractivity contribution in [2.75, 3.05) is 13.7 Å². The number of piperidine rings is 1. The highest BCUT2D eigenvalue weighted by Gasteiger charge is 2.16. The fourth-order valence-corrected chi connectivity index (χ4v) is 2.92. The zero-order valence-corrected chi connectivity index (χ0v) is 12.2. The van der Waals surface area contributed by atoms with Crippen LogP contribution in [0.15, 0.2) is 18.3 Å². The minimum atomic E-state index is -0.279. The van der Waals surface area contributed by atoms with Gasteiger partial charge in [0, 0.05) is 17.7 Å². The van der Waals surface area contributed by atoms with Crippen LogP contribution in [-0.2, 0) is 6.42 Å². The second-order valence-electron chi connectivity index (χ2n) is 5.49. The summed E-state index contributed by atoms with van der Waals surface area (Å²) in [6.45, 7) is 1.07. The lowest BCUT2D eigenvalue weighted by Gasteiger charge is -2.23. The van der Waals surface area contributed by atoms with Gasteiger partial charge in [-0.3, -0.25) is 4.98 Å². The second kappa shape index (κ2) is 6.35. The van der Waals surface area contributed by atoms with Crippen LogP contribution < -0.4 is 10.1 Å². The van der Waals surface area contributed by atoms with E-state index >= 15 is 0 Å². The molecule has 0 saturated carbocycles. The average Bonchev–Trinajstić information content (AvgIpc) is 2.54. The van der Waals surface area contributed by atoms with Gasteiger partial charge in [0.15, 0.2) is 0 Å². The third-order valence-corrected chi connectivity index (χ3v) is 4.10. The maximum Gasteiger partial charge on any atom is 0.213 e. The molecule has 1 atom stereocenters. The smallest absolute Gasteiger partial charge is 0.213 e. The van der Waals surface area contributed by atoms with Crippen molar-refractivity contribution >= 4 is 11.0 Å². The normalized spacial score (nSPS) is 18.9. The SMILES string of the molecule is COc1ccc2ncc(F)c(CCC3CCCCN3)c2n1. The molecule has 3 heterocycles. The fourth-order valence-electron chi connectivity index (χ4n) is 2.92. The summed E-state index contributed by atoms with van der Waals surface area (Å²) in [7, 11) is 1.56. The maximum atomic E-state index is 14.1. The van der Waals surface area contributed by atoms with E-state index in [-0.39, 0.29) is 5.82 Å². The van der Waals surface area contributed by atoms with E-state index in [0.717, 1.165) is 13.0 Å². The lowest BCUT2D eigenvalue weighted by Crippen LogP contribution is -2.34. The van der Waals surface area contributed by atoms with Crippen molar-refractivity contribution in [2.45, 2.75) is 38.1 Å². The number of nitrogens with one attached hydrogen (secondary N) is 1. The molecule has 0 aliphatic carbocycles. The Kier molecular flexibility index (Phi) is 4.29. The molecule has 0 spiro atoms. The summed E-state index contributed by atoms with van der Waals surface area (Å²) in [4.78, 5) is 8.48. The molecule has 2 aromatic heterocycles. The van der Waals surface area contributed by atoms with Gasteiger partial charge in [0.05, 0.1) is 24.3 Å². The summed E-state index contributed by atoms with van der Waals surface area (Å²) in [6.07, 6.45) is 6.55. The Labute approximate surface area is 123 Å². The topological polar surface area (TPSA) is 47.0 Å². The molecular formula is C16H20FN3O. The number of rotatable bonds is 4. The summed E-state index contributed by atoms with van der Waals surface area (Å²) in [5.41, 5.74) is 1.97. The quantitative estimate of drug-likeness (QED) is 0.940. The molecule has 0 amide bonds. The monoisotopic (exact) mass is 289 g/mol. The lowest BCUT2D eigenvalue weighted by atomic mass is 9.97. The second-order valence-corrected chi connectivity index (χ2v) is 5.49. The molecule has 0 aromatic carbocycles. The van der Waals surface area contributed by atoms with Crippen LogP contribution in [0.2, 0.25) is 0 Å². The van der Waals surface area contributed by atoms with Crippen LogP contribution in [0.4, 0.5) is 4.39 Å². The number of methoxy groups -OCH3 is 1. The standard InChI is InChI=1S/C16H20FN3O/c1-21-15-8-7-14-16(20-15)12(13(17)10-19-14)6-5-11-4-2-3-9-18-11/h7-8,10-11,18H,2-6,9H2,1H3. The van der Waals surface area contributed by atoms with Gasteiger partial charge in [0.1, 0.15) is 5.82 Å². The number of aromatic nitrogens is 2. The van der Waals surface area contributed by atoms with Crippen LogP contribution in [0.3, 0.4) is 0 Å². The van der Waals surface area contributed by atoms with Crippen molar-refractivity contribution in [2.24, 2.45) is 0 Å². The molecule has 21 heavy (non-hydrogen) atoms. The Bertz CT molecular complexity index is 626. The van der Waals surface area contributed by atoms with Crippen LogP contribution in [0.25, 0.3) is 11.0 Å². The zero-order chi connectivity index (χ0) is 14.7. The summed E-state index contributed by atoms with van der Waals surface area (Å²) in [6, 6.07) is 4.05. The summed E-state index contributed by atoms with van der Waals surface area (Å²) < 4.78 is 19.3. The Hall–Kier alpha value is -1.75. The number of ether oxygens (including phenoxy) is 1. The van der Waals surface area contributed by atoms with Crippen molar-refractivity contribution in [3.05, 3.63) is 29.7 Å². The van der Waals surface area contributed by atoms with Crippen molar-refractivity contribution in [1.82, 2.24) is 15.3 Å². The third kappa shape index (κ3) is 3.13. The van der Waals surface area contributed by atoms with Crippen molar-refractivity contribution < 1.29 is 9.13 Å². The van der Waals surface area contributed by atoms with Crippen molar-refractivity contribution in [3.8, 4) is 5.88 Å². The molecule has 3 rings (SSSR count). The number of hydrogen-bond acceptors (Lipinski definition) is 4. The Morgan fingerprint density at radius 1 is 1.38 bits per heavy atom. The van der Waals surface area contributed by atoms with Gasteiger partial charge < -0.3 is 10.1 Å². The van der Waals surface area contributed by atoms with E-state index in [2.05, 4.69) is 15.3 Å². The Morgan fingerprint density at radius 3 is 3.05 bits per heavy atom. The Balaban J connectivity index is 1.86. The predicted molar refractivity (Wildman–Crippen MR) is 80.0 cm³/mol. The van der Waals surface area contributed by atoms with E-state index in [9.17, 15) is 4.39 Å². The molecule has 0 bridgehead atoms. The molecule has 1 aliphatic heterocycles. The number of fused-ring (bicyclic) bond motifs is 1. The minimum Gasteiger partial charge on any atom is -0.481 e. The maximum absolute atomic E-state index is 14.1. The van der Waals surface area contributed by atoms with Crippen LogP contribution >= 0.6 is 0 Å². The average molecular weight is 289 g/mol. The van der Waals surface area contributed by atoms with Crippen LogP contribution in [-0.4, -0.2) is 29.7 Å². The molecule has 1 aliphatic rings. The molecule has 112 valence electrons. The number of aryl methyl sites for hydroxylation is 1. The van der Waals surface area contributed by atoms with E-state index in [0.29, 0.717) is 34.9 Å². The molecule has 1 unspecified atom stereocenters. The first-order valence-corrected chi connectivity index (χ1v) is 7.49. The minimum absolute atomic E-state index is 0.279. The molecule has 1 saturated heterocycles. The summed E-state index contributed by atoms with van der Waals surface area (Å²) >= 11 is 0. The van der Waals surface area contributed by atoms with Gasteiger partial charge in [0.2, 0.25) is 5.88 Å². The van der Waals surface area contributed by atoms with E-state index < -0.39 is 0 Å². The van der Waals surface area contributed by atoms with Gasteiger partial charge in [0.25, 0.3) is 0 Å². The number of pyridine rings is 2. The van der Waals surface area contributed by atoms with E-state index in [1.54, 1.807) is 13.2 Å². The fraction of sp³-hybridized carbons (Fsp3) is 0.500. The van der Waals surface area contributed by atoms with Gasteiger partial charge in [-0.25, -0.2) is 9.37 Å². The molecule has 1 N–H and O–H groups in total. The molecule has 1 fully saturated rings. The van der Waals surface area contributed by atoms with E-state index in [1.165, 1.54) is 25.5 Å². The Morgan fingerprint density at radius 2 is 2.29 bits per heavy atom. The third-order valence-electron chi connectivity index (χ3n) is 4.10. The molecule has 0 radical (unpaired) electrons. The highest BCUT2D eigenvalue weighted by Crippen LogP contribution is 2.23. The lowest BCUT2D eigenvalue weighted by molar-refractivity contribution is 0.381. The van der Waals surface area contributed by atoms with E-state index in [1.807, 2.05) is 6.07 Å². The highest BCUT2D eigenvalue weighted by molar-refractivity contribution is 5.78. The van der Waals surface area contributed by atoms with Crippen LogP contribution in [0, 0.1) is 5.82 Å². The largest absolute Gasteiger partial charge is 0.481 e. The van der Waals surface area contributed by atoms with Crippen LogP contribution in [0.5, 0.6) is 5.88 Å². The first-order chi connectivity index (χ1) is 10.3. The van der Waals surface area contributed by atoms with Crippen molar-refractivity contribution in [3.63, 3.8) is 0 Å². The molecule has 2 aromatic rings. The number of halogens is 1.